The van der Waals surface area contributed by atoms with E-state index in [2.05, 4.69) is 42.5 Å². The Labute approximate surface area is 125 Å². The van der Waals surface area contributed by atoms with Gasteiger partial charge in [0.05, 0.1) is 0 Å². The molecule has 0 aliphatic heterocycles. The molecule has 0 atom stereocenters. The van der Waals surface area contributed by atoms with Crippen LogP contribution < -0.4 is 48.0 Å². The van der Waals surface area contributed by atoms with E-state index in [1.807, 2.05) is 0 Å². The van der Waals surface area contributed by atoms with E-state index in [9.17, 15) is 0 Å². The Kier molecular flexibility index (Phi) is 9.83. The van der Waals surface area contributed by atoms with Crippen molar-refractivity contribution in [2.75, 3.05) is 0 Å². The molecule has 2 rings (SSSR count). The molecule has 0 amide bonds. The molecule has 0 nitrogen and oxygen atoms in total. The summed E-state index contributed by atoms with van der Waals surface area (Å²) in [5.41, 5.74) is 0. The topological polar surface area (TPSA) is 0 Å². The SMILES string of the molecule is [Hf].[I-].[I-].c1ccc2[cH-]ccc2c1. The molecule has 0 radical (unpaired) electrons. The van der Waals surface area contributed by atoms with Gasteiger partial charge in [-0.05, 0) is 0 Å². The maximum Gasteiger partial charge on any atom is 0 e. The van der Waals surface area contributed by atoms with Crippen molar-refractivity contribution in [1.82, 2.24) is 0 Å². The first-order valence-corrected chi connectivity index (χ1v) is 3.07. The van der Waals surface area contributed by atoms with E-state index >= 15 is 0 Å². The van der Waals surface area contributed by atoms with Crippen LogP contribution >= 0.6 is 0 Å². The molecule has 3 heteroatoms. The third kappa shape index (κ3) is 3.49. The van der Waals surface area contributed by atoms with Gasteiger partial charge in [0.1, 0.15) is 0 Å². The van der Waals surface area contributed by atoms with Crippen LogP contribution in [0, 0.1) is 0 Å². The first-order chi connectivity index (χ1) is 4.47. The second kappa shape index (κ2) is 7.55. The average molecular weight is 547 g/mol. The van der Waals surface area contributed by atoms with Crippen molar-refractivity contribution in [1.29, 1.82) is 0 Å². The van der Waals surface area contributed by atoms with Gasteiger partial charge in [0, 0.05) is 25.8 Å². The van der Waals surface area contributed by atoms with Crippen LogP contribution in [0.5, 0.6) is 0 Å². The van der Waals surface area contributed by atoms with E-state index in [1.165, 1.54) is 10.8 Å². The fourth-order valence-corrected chi connectivity index (χ4v) is 1.07. The number of halogens is 2. The quantitative estimate of drug-likeness (QED) is 0.183. The third-order valence-electron chi connectivity index (χ3n) is 1.55. The Morgan fingerprint density at radius 1 is 0.917 bits per heavy atom. The molecule has 0 saturated carbocycles. The van der Waals surface area contributed by atoms with Crippen molar-refractivity contribution in [2.24, 2.45) is 0 Å². The van der Waals surface area contributed by atoms with E-state index < -0.39 is 0 Å². The van der Waals surface area contributed by atoms with Crippen LogP contribution in [0.3, 0.4) is 0 Å². The fraction of sp³-hybridized carbons (Fsp3) is 0. The van der Waals surface area contributed by atoms with Crippen molar-refractivity contribution in [3.63, 3.8) is 0 Å². The largest absolute Gasteiger partial charge is 1.00 e. The second-order valence-electron chi connectivity index (χ2n) is 2.15. The summed E-state index contributed by atoms with van der Waals surface area (Å²) in [7, 11) is 0. The molecule has 0 aliphatic rings. The summed E-state index contributed by atoms with van der Waals surface area (Å²) in [5, 5.41) is 2.66. The van der Waals surface area contributed by atoms with Crippen LogP contribution in [0.2, 0.25) is 0 Å². The molecule has 0 unspecified atom stereocenters. The summed E-state index contributed by atoms with van der Waals surface area (Å²) in [6.07, 6.45) is 0. The van der Waals surface area contributed by atoms with Crippen molar-refractivity contribution >= 4 is 10.8 Å². The van der Waals surface area contributed by atoms with E-state index in [1.54, 1.807) is 0 Å². The first-order valence-electron chi connectivity index (χ1n) is 3.07. The Morgan fingerprint density at radius 2 is 1.58 bits per heavy atom. The third-order valence-corrected chi connectivity index (χ3v) is 1.55. The van der Waals surface area contributed by atoms with Gasteiger partial charge >= 0.3 is 0 Å². The number of rotatable bonds is 0. The summed E-state index contributed by atoms with van der Waals surface area (Å²) in [6.45, 7) is 0. The molecular weight excluding hydrogens is 540 g/mol. The molecule has 0 N–H and O–H groups in total. The maximum absolute atomic E-state index is 2.12. The molecule has 0 aromatic heterocycles. The summed E-state index contributed by atoms with van der Waals surface area (Å²) in [6, 6.07) is 14.7. The fourth-order valence-electron chi connectivity index (χ4n) is 1.07. The predicted octanol–water partition coefficient (Wildman–Crippen LogP) is -3.44. The summed E-state index contributed by atoms with van der Waals surface area (Å²) in [5.74, 6) is 0. The molecule has 0 spiro atoms. The van der Waals surface area contributed by atoms with E-state index in [0.29, 0.717) is 0 Å². The minimum atomic E-state index is 0. The van der Waals surface area contributed by atoms with Crippen LogP contribution in [0.4, 0.5) is 0 Å². The summed E-state index contributed by atoms with van der Waals surface area (Å²) < 4.78 is 0. The van der Waals surface area contributed by atoms with Gasteiger partial charge in [0.15, 0.2) is 0 Å². The molecule has 0 aliphatic carbocycles. The molecule has 2 aromatic rings. The summed E-state index contributed by atoms with van der Waals surface area (Å²) in [4.78, 5) is 0. The van der Waals surface area contributed by atoms with Gasteiger partial charge < -0.3 is 48.0 Å². The van der Waals surface area contributed by atoms with Gasteiger partial charge in [-0.1, -0.05) is 6.07 Å². The van der Waals surface area contributed by atoms with Crippen molar-refractivity contribution in [3.8, 4) is 0 Å². The zero-order valence-corrected chi connectivity index (χ0v) is 14.2. The number of fused-ring (bicyclic) bond motifs is 1. The Morgan fingerprint density at radius 3 is 2.25 bits per heavy atom. The Bertz CT molecular complexity index is 287. The number of benzene rings is 1. The molecule has 12 heavy (non-hydrogen) atoms. The first kappa shape index (κ1) is 15.6. The van der Waals surface area contributed by atoms with Gasteiger partial charge in [-0.3, -0.25) is 0 Å². The van der Waals surface area contributed by atoms with Crippen molar-refractivity contribution < 1.29 is 73.8 Å². The van der Waals surface area contributed by atoms with Gasteiger partial charge in [0.25, 0.3) is 0 Å². The molecule has 0 heterocycles. The van der Waals surface area contributed by atoms with Gasteiger partial charge in [0.2, 0.25) is 0 Å². The van der Waals surface area contributed by atoms with E-state index in [0.717, 1.165) is 0 Å². The van der Waals surface area contributed by atoms with Crippen molar-refractivity contribution in [3.05, 3.63) is 42.5 Å². The smallest absolute Gasteiger partial charge is 0 e. The molecule has 2 aromatic carbocycles. The van der Waals surface area contributed by atoms with Crippen LogP contribution in [-0.4, -0.2) is 0 Å². The predicted molar refractivity (Wildman–Crippen MR) is 39.5 cm³/mol. The summed E-state index contributed by atoms with van der Waals surface area (Å²) >= 11 is 0. The van der Waals surface area contributed by atoms with Crippen LogP contribution in [-0.2, 0) is 25.8 Å². The minimum absolute atomic E-state index is 0. The maximum atomic E-state index is 2.12. The average Bonchev–Trinajstić information content (AvgIpc) is 2.33. The van der Waals surface area contributed by atoms with E-state index in [-0.39, 0.29) is 73.8 Å². The van der Waals surface area contributed by atoms with Gasteiger partial charge in [-0.25, -0.2) is 0 Å². The number of hydrogen-bond acceptors (Lipinski definition) is 0. The van der Waals surface area contributed by atoms with Crippen LogP contribution in [0.25, 0.3) is 10.8 Å². The molecule has 64 valence electrons. The van der Waals surface area contributed by atoms with E-state index in [4.69, 9.17) is 0 Å². The number of hydrogen-bond donors (Lipinski definition) is 0. The zero-order chi connectivity index (χ0) is 6.10. The zero-order valence-electron chi connectivity index (χ0n) is 6.30. The monoisotopic (exact) mass is 549 g/mol. The van der Waals surface area contributed by atoms with Crippen LogP contribution in [0.1, 0.15) is 0 Å². The molecule has 0 fully saturated rings. The normalized spacial score (nSPS) is 7.67. The Balaban J connectivity index is 0. The second-order valence-corrected chi connectivity index (χ2v) is 2.15. The van der Waals surface area contributed by atoms with Gasteiger partial charge in [-0.2, -0.15) is 17.5 Å². The van der Waals surface area contributed by atoms with Gasteiger partial charge in [-0.15, -0.1) is 29.7 Å². The standard InChI is InChI=1S/C9H7.Hf.2HI/c1-2-5-9-7-3-6-8(9)4-1;;;/h1-7H;;2*1H/q-1;;;/p-2. The molecule has 0 bridgehead atoms. The van der Waals surface area contributed by atoms with Crippen LogP contribution in [0.15, 0.2) is 42.5 Å². The molecule has 0 saturated heterocycles. The van der Waals surface area contributed by atoms with Crippen molar-refractivity contribution in [2.45, 2.75) is 0 Å². The molecular formula is C9H7HfI2-3. The minimum Gasteiger partial charge on any atom is -1.00 e. The Hall–Kier alpha value is 1.16.